The number of likely N-dealkylation sites (tertiary alicyclic amines) is 1. The smallest absolute Gasteiger partial charge is 0.0499 e. The molecule has 1 aliphatic heterocycles. The molecule has 2 atom stereocenters. The van der Waals surface area contributed by atoms with Gasteiger partial charge in [0, 0.05) is 19.1 Å². The van der Waals surface area contributed by atoms with E-state index in [1.165, 1.54) is 30.6 Å². The molecule has 94 valence electrons. The number of hydrogen-bond donors (Lipinski definition) is 1. The normalized spacial score (nSPS) is 22.9. The lowest BCUT2D eigenvalue weighted by atomic mass is 9.92. The van der Waals surface area contributed by atoms with E-state index >= 15 is 0 Å². The second-order valence-electron chi connectivity index (χ2n) is 5.20. The van der Waals surface area contributed by atoms with E-state index in [0.29, 0.717) is 11.8 Å². The highest BCUT2D eigenvalue weighted by Crippen LogP contribution is 2.28. The number of aliphatic hydroxyl groups excluding tert-OH is 1. The van der Waals surface area contributed by atoms with Crippen LogP contribution < -0.4 is 0 Å². The summed E-state index contributed by atoms with van der Waals surface area (Å²) in [4.78, 5) is 2.39. The maximum Gasteiger partial charge on any atom is 0.0499 e. The summed E-state index contributed by atoms with van der Waals surface area (Å²) in [5.41, 5.74) is 2.72. The Morgan fingerprint density at radius 1 is 1.35 bits per heavy atom. The Labute approximate surface area is 104 Å². The van der Waals surface area contributed by atoms with Crippen LogP contribution in [0.2, 0.25) is 0 Å². The van der Waals surface area contributed by atoms with Crippen LogP contribution in [0.3, 0.4) is 0 Å². The fourth-order valence-corrected chi connectivity index (χ4v) is 2.72. The SMILES string of the molecule is CCC(CO)c1ccc(C2CCN(C)C2)cc1. The summed E-state index contributed by atoms with van der Waals surface area (Å²) >= 11 is 0. The molecular weight excluding hydrogens is 210 g/mol. The molecule has 0 amide bonds. The largest absolute Gasteiger partial charge is 0.396 e. The van der Waals surface area contributed by atoms with Gasteiger partial charge < -0.3 is 10.0 Å². The van der Waals surface area contributed by atoms with Crippen molar-refractivity contribution in [2.45, 2.75) is 31.6 Å². The van der Waals surface area contributed by atoms with Crippen molar-refractivity contribution in [2.24, 2.45) is 0 Å². The topological polar surface area (TPSA) is 23.5 Å². The van der Waals surface area contributed by atoms with Gasteiger partial charge in [-0.05, 0) is 43.5 Å². The van der Waals surface area contributed by atoms with E-state index in [4.69, 9.17) is 0 Å². The van der Waals surface area contributed by atoms with Crippen LogP contribution in [0.25, 0.3) is 0 Å². The molecule has 0 radical (unpaired) electrons. The highest BCUT2D eigenvalue weighted by atomic mass is 16.3. The van der Waals surface area contributed by atoms with Crippen molar-refractivity contribution in [3.05, 3.63) is 35.4 Å². The fraction of sp³-hybridized carbons (Fsp3) is 0.600. The predicted molar refractivity (Wildman–Crippen MR) is 71.4 cm³/mol. The molecule has 0 spiro atoms. The molecule has 1 fully saturated rings. The number of rotatable bonds is 4. The molecule has 1 saturated heterocycles. The maximum atomic E-state index is 9.29. The second kappa shape index (κ2) is 5.65. The minimum absolute atomic E-state index is 0.252. The Balaban J connectivity index is 2.07. The molecule has 2 heteroatoms. The van der Waals surface area contributed by atoms with Crippen LogP contribution in [0, 0.1) is 0 Å². The monoisotopic (exact) mass is 233 g/mol. The van der Waals surface area contributed by atoms with Gasteiger partial charge in [0.15, 0.2) is 0 Å². The maximum absolute atomic E-state index is 9.29. The summed E-state index contributed by atoms with van der Waals surface area (Å²) in [6.45, 7) is 4.76. The first kappa shape index (κ1) is 12.6. The highest BCUT2D eigenvalue weighted by molar-refractivity contribution is 5.28. The van der Waals surface area contributed by atoms with Crippen molar-refractivity contribution in [3.8, 4) is 0 Å². The molecule has 1 aromatic carbocycles. The Bertz CT molecular complexity index is 342. The van der Waals surface area contributed by atoms with E-state index in [1.54, 1.807) is 0 Å². The zero-order valence-electron chi connectivity index (χ0n) is 10.9. The van der Waals surface area contributed by atoms with Gasteiger partial charge in [-0.2, -0.15) is 0 Å². The van der Waals surface area contributed by atoms with Crippen LogP contribution in [-0.2, 0) is 0 Å². The van der Waals surface area contributed by atoms with E-state index in [2.05, 4.69) is 43.1 Å². The van der Waals surface area contributed by atoms with E-state index in [9.17, 15) is 5.11 Å². The summed E-state index contributed by atoms with van der Waals surface area (Å²) in [5, 5.41) is 9.29. The Hall–Kier alpha value is -0.860. The van der Waals surface area contributed by atoms with Gasteiger partial charge in [-0.25, -0.2) is 0 Å². The van der Waals surface area contributed by atoms with Gasteiger partial charge in [0.1, 0.15) is 0 Å². The molecule has 1 aliphatic rings. The van der Waals surface area contributed by atoms with E-state index in [0.717, 1.165) is 6.42 Å². The molecule has 0 saturated carbocycles. The molecule has 17 heavy (non-hydrogen) atoms. The standard InChI is InChI=1S/C15H23NO/c1-3-12(11-17)13-4-6-14(7-5-13)15-8-9-16(2)10-15/h4-7,12,15,17H,3,8-11H2,1-2H3. The van der Waals surface area contributed by atoms with Crippen molar-refractivity contribution in [3.63, 3.8) is 0 Å². The first-order valence-electron chi connectivity index (χ1n) is 6.63. The first-order valence-corrected chi connectivity index (χ1v) is 6.63. The quantitative estimate of drug-likeness (QED) is 0.864. The minimum atomic E-state index is 0.252. The molecule has 2 rings (SSSR count). The predicted octanol–water partition coefficient (Wildman–Crippen LogP) is 2.59. The number of nitrogens with zero attached hydrogens (tertiary/aromatic N) is 1. The van der Waals surface area contributed by atoms with E-state index in [-0.39, 0.29) is 6.61 Å². The summed E-state index contributed by atoms with van der Waals surface area (Å²) in [6.07, 6.45) is 2.27. The van der Waals surface area contributed by atoms with Gasteiger partial charge in [0.05, 0.1) is 0 Å². The summed E-state index contributed by atoms with van der Waals surface area (Å²) in [7, 11) is 2.19. The lowest BCUT2D eigenvalue weighted by Crippen LogP contribution is -2.13. The summed E-state index contributed by atoms with van der Waals surface area (Å²) in [5.74, 6) is 0.999. The lowest BCUT2D eigenvalue weighted by Gasteiger charge is -2.15. The van der Waals surface area contributed by atoms with Crippen LogP contribution in [-0.4, -0.2) is 36.8 Å². The van der Waals surface area contributed by atoms with Gasteiger partial charge >= 0.3 is 0 Å². The van der Waals surface area contributed by atoms with Crippen molar-refractivity contribution < 1.29 is 5.11 Å². The number of benzene rings is 1. The van der Waals surface area contributed by atoms with Gasteiger partial charge in [-0.15, -0.1) is 0 Å². The first-order chi connectivity index (χ1) is 8.24. The molecular formula is C15H23NO. The van der Waals surface area contributed by atoms with Crippen molar-refractivity contribution in [1.29, 1.82) is 0 Å². The minimum Gasteiger partial charge on any atom is -0.396 e. The average molecular weight is 233 g/mol. The zero-order chi connectivity index (χ0) is 12.3. The summed E-state index contributed by atoms with van der Waals surface area (Å²) in [6, 6.07) is 8.88. The van der Waals surface area contributed by atoms with Gasteiger partial charge in [-0.3, -0.25) is 0 Å². The van der Waals surface area contributed by atoms with Crippen molar-refractivity contribution >= 4 is 0 Å². The van der Waals surface area contributed by atoms with E-state index < -0.39 is 0 Å². The third-order valence-corrected chi connectivity index (χ3v) is 3.98. The van der Waals surface area contributed by atoms with E-state index in [1.807, 2.05) is 0 Å². The second-order valence-corrected chi connectivity index (χ2v) is 5.20. The zero-order valence-corrected chi connectivity index (χ0v) is 10.9. The third-order valence-electron chi connectivity index (χ3n) is 3.98. The molecule has 0 aromatic heterocycles. The molecule has 1 N–H and O–H groups in total. The number of aliphatic hydroxyl groups is 1. The molecule has 0 bridgehead atoms. The molecule has 2 nitrogen and oxygen atoms in total. The fourth-order valence-electron chi connectivity index (χ4n) is 2.72. The van der Waals surface area contributed by atoms with Gasteiger partial charge in [0.25, 0.3) is 0 Å². The van der Waals surface area contributed by atoms with Gasteiger partial charge in [-0.1, -0.05) is 31.2 Å². The molecule has 1 heterocycles. The molecule has 2 unspecified atom stereocenters. The Morgan fingerprint density at radius 2 is 2.06 bits per heavy atom. The lowest BCUT2D eigenvalue weighted by molar-refractivity contribution is 0.262. The Morgan fingerprint density at radius 3 is 2.53 bits per heavy atom. The average Bonchev–Trinajstić information content (AvgIpc) is 2.78. The van der Waals surface area contributed by atoms with Crippen LogP contribution in [0.1, 0.15) is 42.7 Å². The highest BCUT2D eigenvalue weighted by Gasteiger charge is 2.21. The summed E-state index contributed by atoms with van der Waals surface area (Å²) < 4.78 is 0. The van der Waals surface area contributed by atoms with Crippen LogP contribution in [0.5, 0.6) is 0 Å². The number of hydrogen-bond acceptors (Lipinski definition) is 2. The third kappa shape index (κ3) is 2.88. The van der Waals surface area contributed by atoms with Crippen molar-refractivity contribution in [2.75, 3.05) is 26.7 Å². The Kier molecular flexibility index (Phi) is 4.19. The van der Waals surface area contributed by atoms with Crippen LogP contribution in [0.15, 0.2) is 24.3 Å². The van der Waals surface area contributed by atoms with Gasteiger partial charge in [0.2, 0.25) is 0 Å². The van der Waals surface area contributed by atoms with Crippen LogP contribution >= 0.6 is 0 Å². The number of likely N-dealkylation sites (N-methyl/N-ethyl adjacent to an activating group) is 1. The van der Waals surface area contributed by atoms with Crippen LogP contribution in [0.4, 0.5) is 0 Å². The van der Waals surface area contributed by atoms with Crippen molar-refractivity contribution in [1.82, 2.24) is 4.90 Å². The molecule has 0 aliphatic carbocycles. The molecule has 1 aromatic rings.